The Morgan fingerprint density at radius 1 is 1.33 bits per heavy atom. The summed E-state index contributed by atoms with van der Waals surface area (Å²) in [5.41, 5.74) is 2.76. The number of nitrogens with one attached hydrogen (secondary N) is 1. The van der Waals surface area contributed by atoms with Crippen LogP contribution in [-0.4, -0.2) is 18.1 Å². The minimum Gasteiger partial charge on any atom is -0.310 e. The lowest BCUT2D eigenvalue weighted by atomic mass is 10.1. The molecule has 1 atom stereocenters. The Kier molecular flexibility index (Phi) is 5.81. The van der Waals surface area contributed by atoms with Gasteiger partial charge in [-0.05, 0) is 24.8 Å². The van der Waals surface area contributed by atoms with Crippen LogP contribution in [0.3, 0.4) is 0 Å². The largest absolute Gasteiger partial charge is 0.310 e. The van der Waals surface area contributed by atoms with Crippen molar-refractivity contribution in [3.63, 3.8) is 0 Å². The van der Waals surface area contributed by atoms with Gasteiger partial charge in [0.05, 0.1) is 0 Å². The summed E-state index contributed by atoms with van der Waals surface area (Å²) in [5, 5.41) is 3.54. The number of aryl methyl sites for hydroxylation is 1. The number of hydrogen-bond donors (Lipinski definition) is 1. The van der Waals surface area contributed by atoms with E-state index in [1.807, 2.05) is 11.8 Å². The van der Waals surface area contributed by atoms with Crippen molar-refractivity contribution in [2.75, 3.05) is 18.1 Å². The molecule has 84 valence electrons. The van der Waals surface area contributed by atoms with Gasteiger partial charge in [0.15, 0.2) is 0 Å². The van der Waals surface area contributed by atoms with Crippen molar-refractivity contribution in [2.45, 2.75) is 26.8 Å². The van der Waals surface area contributed by atoms with Crippen LogP contribution in [0, 0.1) is 6.92 Å². The van der Waals surface area contributed by atoms with Gasteiger partial charge in [-0.2, -0.15) is 11.8 Å². The van der Waals surface area contributed by atoms with Crippen molar-refractivity contribution in [3.05, 3.63) is 35.4 Å². The second-order valence-corrected chi connectivity index (χ2v) is 5.00. The Bertz CT molecular complexity index is 286. The molecule has 1 aromatic carbocycles. The predicted molar refractivity (Wildman–Crippen MR) is 70.6 cm³/mol. The molecule has 0 aliphatic carbocycles. The Balaban J connectivity index is 2.69. The van der Waals surface area contributed by atoms with E-state index in [9.17, 15) is 0 Å². The minimum absolute atomic E-state index is 0.500. The van der Waals surface area contributed by atoms with E-state index < -0.39 is 0 Å². The van der Waals surface area contributed by atoms with Crippen molar-refractivity contribution >= 4 is 11.8 Å². The first-order chi connectivity index (χ1) is 7.27. The average molecular weight is 223 g/mol. The summed E-state index contributed by atoms with van der Waals surface area (Å²) in [5.74, 6) is 2.35. The molecule has 0 aliphatic rings. The van der Waals surface area contributed by atoms with Crippen molar-refractivity contribution < 1.29 is 0 Å². The van der Waals surface area contributed by atoms with E-state index in [2.05, 4.69) is 50.4 Å². The van der Waals surface area contributed by atoms with Crippen molar-refractivity contribution in [2.24, 2.45) is 0 Å². The smallest absolute Gasteiger partial charge is 0.0411 e. The van der Waals surface area contributed by atoms with E-state index in [4.69, 9.17) is 0 Å². The SMILES string of the molecule is CCNC(CSCC)c1cccc(C)c1. The Morgan fingerprint density at radius 2 is 2.13 bits per heavy atom. The van der Waals surface area contributed by atoms with Crippen LogP contribution in [0.4, 0.5) is 0 Å². The maximum absolute atomic E-state index is 3.54. The van der Waals surface area contributed by atoms with Gasteiger partial charge >= 0.3 is 0 Å². The molecule has 1 aromatic rings. The van der Waals surface area contributed by atoms with E-state index in [1.54, 1.807) is 0 Å². The van der Waals surface area contributed by atoms with Crippen LogP contribution in [0.15, 0.2) is 24.3 Å². The number of rotatable bonds is 6. The van der Waals surface area contributed by atoms with Crippen LogP contribution < -0.4 is 5.32 Å². The topological polar surface area (TPSA) is 12.0 Å². The third-order valence-corrected chi connectivity index (χ3v) is 3.36. The first-order valence-electron chi connectivity index (χ1n) is 5.65. The second kappa shape index (κ2) is 6.91. The summed E-state index contributed by atoms with van der Waals surface area (Å²) in [7, 11) is 0. The molecule has 0 saturated heterocycles. The molecule has 1 unspecified atom stereocenters. The highest BCUT2D eigenvalue weighted by Gasteiger charge is 2.09. The molecule has 2 heteroatoms. The molecule has 0 radical (unpaired) electrons. The highest BCUT2D eigenvalue weighted by molar-refractivity contribution is 7.99. The second-order valence-electron chi connectivity index (χ2n) is 3.68. The zero-order valence-electron chi connectivity index (χ0n) is 9.92. The number of benzene rings is 1. The zero-order valence-corrected chi connectivity index (χ0v) is 10.7. The highest BCUT2D eigenvalue weighted by atomic mass is 32.2. The highest BCUT2D eigenvalue weighted by Crippen LogP contribution is 2.19. The van der Waals surface area contributed by atoms with Gasteiger partial charge in [-0.3, -0.25) is 0 Å². The lowest BCUT2D eigenvalue weighted by Crippen LogP contribution is -2.23. The fraction of sp³-hybridized carbons (Fsp3) is 0.538. The predicted octanol–water partition coefficient (Wildman–Crippen LogP) is 3.40. The first-order valence-corrected chi connectivity index (χ1v) is 6.81. The zero-order chi connectivity index (χ0) is 11.1. The quantitative estimate of drug-likeness (QED) is 0.793. The van der Waals surface area contributed by atoms with E-state index in [0.717, 1.165) is 12.3 Å². The monoisotopic (exact) mass is 223 g/mol. The van der Waals surface area contributed by atoms with Crippen LogP contribution in [0.25, 0.3) is 0 Å². The van der Waals surface area contributed by atoms with Crippen molar-refractivity contribution in [1.29, 1.82) is 0 Å². The number of thioether (sulfide) groups is 1. The van der Waals surface area contributed by atoms with Crippen LogP contribution >= 0.6 is 11.8 Å². The fourth-order valence-corrected chi connectivity index (χ4v) is 2.42. The molecule has 1 N–H and O–H groups in total. The molecular weight excluding hydrogens is 202 g/mol. The van der Waals surface area contributed by atoms with Gasteiger partial charge in [-0.1, -0.05) is 43.7 Å². The molecule has 0 heterocycles. The maximum Gasteiger partial charge on any atom is 0.0411 e. The van der Waals surface area contributed by atoms with E-state index >= 15 is 0 Å². The lowest BCUT2D eigenvalue weighted by Gasteiger charge is -2.18. The Hall–Kier alpha value is -0.470. The molecule has 1 rings (SSSR count). The van der Waals surface area contributed by atoms with Gasteiger partial charge in [0.25, 0.3) is 0 Å². The van der Waals surface area contributed by atoms with Gasteiger partial charge < -0.3 is 5.32 Å². The maximum atomic E-state index is 3.54. The normalized spacial score (nSPS) is 12.7. The molecule has 0 bridgehead atoms. The van der Waals surface area contributed by atoms with Gasteiger partial charge in [0.1, 0.15) is 0 Å². The standard InChI is InChI=1S/C13H21NS/c1-4-14-13(10-15-5-2)12-8-6-7-11(3)9-12/h6-9,13-14H,4-5,10H2,1-3H3. The van der Waals surface area contributed by atoms with Crippen LogP contribution in [0.1, 0.15) is 31.0 Å². The average Bonchev–Trinajstić information content (AvgIpc) is 2.24. The van der Waals surface area contributed by atoms with E-state index in [-0.39, 0.29) is 0 Å². The Morgan fingerprint density at radius 3 is 2.73 bits per heavy atom. The van der Waals surface area contributed by atoms with Crippen LogP contribution in [0.2, 0.25) is 0 Å². The van der Waals surface area contributed by atoms with Gasteiger partial charge in [0, 0.05) is 11.8 Å². The fourth-order valence-electron chi connectivity index (χ4n) is 1.64. The lowest BCUT2D eigenvalue weighted by molar-refractivity contribution is 0.605. The molecule has 0 amide bonds. The van der Waals surface area contributed by atoms with E-state index in [1.165, 1.54) is 16.9 Å². The molecular formula is C13H21NS. The van der Waals surface area contributed by atoms with E-state index in [0.29, 0.717) is 6.04 Å². The van der Waals surface area contributed by atoms with Crippen molar-refractivity contribution in [1.82, 2.24) is 5.32 Å². The molecule has 0 spiro atoms. The summed E-state index contributed by atoms with van der Waals surface area (Å²) in [6.45, 7) is 7.56. The van der Waals surface area contributed by atoms with Crippen LogP contribution in [-0.2, 0) is 0 Å². The first kappa shape index (κ1) is 12.6. The molecule has 0 saturated carbocycles. The molecule has 0 fully saturated rings. The van der Waals surface area contributed by atoms with Gasteiger partial charge in [-0.15, -0.1) is 0 Å². The minimum atomic E-state index is 0.500. The third kappa shape index (κ3) is 4.27. The van der Waals surface area contributed by atoms with Gasteiger partial charge in [-0.25, -0.2) is 0 Å². The molecule has 1 nitrogen and oxygen atoms in total. The summed E-state index contributed by atoms with van der Waals surface area (Å²) < 4.78 is 0. The summed E-state index contributed by atoms with van der Waals surface area (Å²) >= 11 is 1.99. The van der Waals surface area contributed by atoms with Crippen molar-refractivity contribution in [3.8, 4) is 0 Å². The molecule has 0 aliphatic heterocycles. The third-order valence-electron chi connectivity index (χ3n) is 2.38. The van der Waals surface area contributed by atoms with Crippen LogP contribution in [0.5, 0.6) is 0 Å². The molecule has 0 aromatic heterocycles. The number of hydrogen-bond acceptors (Lipinski definition) is 2. The van der Waals surface area contributed by atoms with Gasteiger partial charge in [0.2, 0.25) is 0 Å². The summed E-state index contributed by atoms with van der Waals surface area (Å²) in [6.07, 6.45) is 0. The molecule has 15 heavy (non-hydrogen) atoms. The Labute approximate surface area is 97.7 Å². The summed E-state index contributed by atoms with van der Waals surface area (Å²) in [4.78, 5) is 0. The summed E-state index contributed by atoms with van der Waals surface area (Å²) in [6, 6.07) is 9.30.